The number of nitrogens with two attached hydrogens (primary N) is 1. The van der Waals surface area contributed by atoms with E-state index in [4.69, 9.17) is 10.5 Å². The Morgan fingerprint density at radius 1 is 1.28 bits per heavy atom. The summed E-state index contributed by atoms with van der Waals surface area (Å²) in [5.41, 5.74) is 4.48. The lowest BCUT2D eigenvalue weighted by atomic mass is 9.67. The highest BCUT2D eigenvalue weighted by molar-refractivity contribution is 5.82. The average molecular weight is 254 g/mol. The van der Waals surface area contributed by atoms with E-state index in [0.29, 0.717) is 6.54 Å². The first-order chi connectivity index (χ1) is 8.23. The summed E-state index contributed by atoms with van der Waals surface area (Å²) in [4.78, 5) is 25.4. The number of primary amides is 1. The molecule has 0 atom stereocenters. The molecule has 1 aliphatic carbocycles. The molecule has 2 heterocycles. The molecule has 3 rings (SSSR count). The fraction of sp³-hybridized carbons (Fsp3) is 0.846. The zero-order chi connectivity index (χ0) is 13.6. The SMILES string of the molecule is CC(C)(C)OC(=O)N1CC2(C(N)=O)CCC1CC2. The predicted octanol–water partition coefficient (Wildman–Crippen LogP) is 1.65. The zero-order valence-corrected chi connectivity index (χ0v) is 11.4. The van der Waals surface area contributed by atoms with Crippen molar-refractivity contribution in [1.82, 2.24) is 4.90 Å². The first-order valence-electron chi connectivity index (χ1n) is 6.53. The summed E-state index contributed by atoms with van der Waals surface area (Å²) in [6.07, 6.45) is 2.97. The second-order valence-electron chi connectivity index (χ2n) is 6.48. The molecule has 102 valence electrons. The van der Waals surface area contributed by atoms with Gasteiger partial charge in [0, 0.05) is 12.6 Å². The van der Waals surface area contributed by atoms with Gasteiger partial charge in [-0.3, -0.25) is 4.79 Å². The van der Waals surface area contributed by atoms with Crippen LogP contribution in [-0.2, 0) is 9.53 Å². The molecule has 5 heteroatoms. The van der Waals surface area contributed by atoms with Gasteiger partial charge in [0.15, 0.2) is 0 Å². The molecule has 0 unspecified atom stereocenters. The fourth-order valence-electron chi connectivity index (χ4n) is 2.94. The van der Waals surface area contributed by atoms with Crippen molar-refractivity contribution in [2.45, 2.75) is 58.1 Å². The number of carbonyl (C=O) groups is 2. The molecule has 0 aromatic heterocycles. The third kappa shape index (κ3) is 2.31. The van der Waals surface area contributed by atoms with Crippen molar-refractivity contribution in [3.8, 4) is 0 Å². The van der Waals surface area contributed by atoms with E-state index >= 15 is 0 Å². The summed E-state index contributed by atoms with van der Waals surface area (Å²) < 4.78 is 5.39. The lowest BCUT2D eigenvalue weighted by Crippen LogP contribution is -2.60. The highest BCUT2D eigenvalue weighted by Crippen LogP contribution is 2.44. The van der Waals surface area contributed by atoms with Crippen LogP contribution in [0.15, 0.2) is 0 Å². The van der Waals surface area contributed by atoms with Crippen LogP contribution >= 0.6 is 0 Å². The first-order valence-corrected chi connectivity index (χ1v) is 6.53. The number of nitrogens with zero attached hydrogens (tertiary/aromatic N) is 1. The number of ether oxygens (including phenoxy) is 1. The Kier molecular flexibility index (Phi) is 3.03. The third-order valence-corrected chi connectivity index (χ3v) is 3.98. The van der Waals surface area contributed by atoms with Crippen LogP contribution in [0.4, 0.5) is 4.79 Å². The molecule has 2 aliphatic heterocycles. The van der Waals surface area contributed by atoms with Crippen molar-refractivity contribution >= 4 is 12.0 Å². The van der Waals surface area contributed by atoms with Crippen molar-refractivity contribution < 1.29 is 14.3 Å². The highest BCUT2D eigenvalue weighted by Gasteiger charge is 2.50. The number of hydrogen-bond acceptors (Lipinski definition) is 3. The predicted molar refractivity (Wildman–Crippen MR) is 66.8 cm³/mol. The Labute approximate surface area is 108 Å². The minimum absolute atomic E-state index is 0.209. The Bertz CT molecular complexity index is 365. The smallest absolute Gasteiger partial charge is 0.410 e. The Hall–Kier alpha value is -1.26. The number of hydrogen-bond donors (Lipinski definition) is 1. The summed E-state index contributed by atoms with van der Waals surface area (Å²) in [5, 5.41) is 0. The maximum absolute atomic E-state index is 12.1. The van der Waals surface area contributed by atoms with Crippen LogP contribution in [0, 0.1) is 5.41 Å². The van der Waals surface area contributed by atoms with Gasteiger partial charge in [0.1, 0.15) is 5.60 Å². The molecule has 2 amide bonds. The van der Waals surface area contributed by atoms with Crippen LogP contribution in [0.1, 0.15) is 46.5 Å². The summed E-state index contributed by atoms with van der Waals surface area (Å²) >= 11 is 0. The van der Waals surface area contributed by atoms with Crippen LogP contribution in [0.5, 0.6) is 0 Å². The van der Waals surface area contributed by atoms with E-state index < -0.39 is 11.0 Å². The minimum atomic E-state index is -0.522. The second kappa shape index (κ2) is 4.14. The molecule has 3 aliphatic rings. The highest BCUT2D eigenvalue weighted by atomic mass is 16.6. The van der Waals surface area contributed by atoms with E-state index in [2.05, 4.69) is 0 Å². The fourth-order valence-corrected chi connectivity index (χ4v) is 2.94. The number of carbonyl (C=O) groups excluding carboxylic acids is 2. The van der Waals surface area contributed by atoms with Crippen molar-refractivity contribution in [3.05, 3.63) is 0 Å². The van der Waals surface area contributed by atoms with Gasteiger partial charge < -0.3 is 15.4 Å². The van der Waals surface area contributed by atoms with E-state index in [9.17, 15) is 9.59 Å². The number of fused-ring (bicyclic) bond motifs is 3. The minimum Gasteiger partial charge on any atom is -0.444 e. The van der Waals surface area contributed by atoms with Crippen molar-refractivity contribution in [3.63, 3.8) is 0 Å². The number of amides is 2. The molecule has 2 saturated heterocycles. The Morgan fingerprint density at radius 2 is 1.83 bits per heavy atom. The van der Waals surface area contributed by atoms with E-state index in [-0.39, 0.29) is 18.0 Å². The lowest BCUT2D eigenvalue weighted by molar-refractivity contribution is -0.136. The topological polar surface area (TPSA) is 72.6 Å². The molecule has 2 bridgehead atoms. The van der Waals surface area contributed by atoms with Gasteiger partial charge >= 0.3 is 6.09 Å². The van der Waals surface area contributed by atoms with Crippen LogP contribution < -0.4 is 5.73 Å². The maximum atomic E-state index is 12.1. The van der Waals surface area contributed by atoms with Gasteiger partial charge in [0.25, 0.3) is 0 Å². The van der Waals surface area contributed by atoms with E-state index in [1.807, 2.05) is 20.8 Å². The molecule has 18 heavy (non-hydrogen) atoms. The molecular formula is C13H22N2O3. The second-order valence-corrected chi connectivity index (χ2v) is 6.48. The monoisotopic (exact) mass is 254 g/mol. The van der Waals surface area contributed by atoms with Gasteiger partial charge in [0.2, 0.25) is 5.91 Å². The molecule has 0 spiro atoms. The van der Waals surface area contributed by atoms with Gasteiger partial charge in [-0.2, -0.15) is 0 Å². The summed E-state index contributed by atoms with van der Waals surface area (Å²) in [5.74, 6) is -0.283. The van der Waals surface area contributed by atoms with Crippen LogP contribution in [-0.4, -0.2) is 35.1 Å². The van der Waals surface area contributed by atoms with Crippen molar-refractivity contribution in [1.29, 1.82) is 0 Å². The van der Waals surface area contributed by atoms with E-state index in [0.717, 1.165) is 25.7 Å². The van der Waals surface area contributed by atoms with Crippen molar-refractivity contribution in [2.24, 2.45) is 11.1 Å². The molecular weight excluding hydrogens is 232 g/mol. The zero-order valence-electron chi connectivity index (χ0n) is 11.4. The van der Waals surface area contributed by atoms with E-state index in [1.165, 1.54) is 0 Å². The van der Waals surface area contributed by atoms with Gasteiger partial charge in [-0.15, -0.1) is 0 Å². The molecule has 0 aromatic rings. The number of rotatable bonds is 1. The normalized spacial score (nSPS) is 31.3. The lowest BCUT2D eigenvalue weighted by Gasteiger charge is -2.50. The van der Waals surface area contributed by atoms with Gasteiger partial charge in [0.05, 0.1) is 5.41 Å². The third-order valence-electron chi connectivity index (χ3n) is 3.98. The quantitative estimate of drug-likeness (QED) is 0.773. The summed E-state index contributed by atoms with van der Waals surface area (Å²) in [6.45, 7) is 5.95. The summed E-state index contributed by atoms with van der Waals surface area (Å²) in [7, 11) is 0. The Morgan fingerprint density at radius 3 is 2.28 bits per heavy atom. The standard InChI is InChI=1S/C13H22N2O3/c1-12(2,3)18-11(17)15-8-13(10(14)16)6-4-9(15)5-7-13/h9H,4-8H2,1-3H3,(H2,14,16). The molecule has 5 nitrogen and oxygen atoms in total. The van der Waals surface area contributed by atoms with Crippen LogP contribution in [0.3, 0.4) is 0 Å². The molecule has 0 aromatic carbocycles. The molecule has 3 fully saturated rings. The molecule has 2 N–H and O–H groups in total. The van der Waals surface area contributed by atoms with Gasteiger partial charge in [-0.05, 0) is 46.5 Å². The average Bonchev–Trinajstić information content (AvgIpc) is 2.28. The Balaban J connectivity index is 2.11. The van der Waals surface area contributed by atoms with Crippen molar-refractivity contribution in [2.75, 3.05) is 6.54 Å². The van der Waals surface area contributed by atoms with Crippen LogP contribution in [0.2, 0.25) is 0 Å². The molecule has 0 radical (unpaired) electrons. The van der Waals surface area contributed by atoms with Gasteiger partial charge in [-0.25, -0.2) is 4.79 Å². The number of piperidine rings is 2. The van der Waals surface area contributed by atoms with E-state index in [1.54, 1.807) is 4.90 Å². The molecule has 1 saturated carbocycles. The largest absolute Gasteiger partial charge is 0.444 e. The van der Waals surface area contributed by atoms with Gasteiger partial charge in [-0.1, -0.05) is 0 Å². The summed E-state index contributed by atoms with van der Waals surface area (Å²) in [6, 6.07) is 0.209. The first kappa shape index (κ1) is 13.2. The maximum Gasteiger partial charge on any atom is 0.410 e. The van der Waals surface area contributed by atoms with Crippen LogP contribution in [0.25, 0.3) is 0 Å².